The molecule has 4 rings (SSSR count). The fraction of sp³-hybridized carbons (Fsp3) is 0.600. The van der Waals surface area contributed by atoms with Crippen LogP contribution in [-0.4, -0.2) is 61.4 Å². The number of rotatable bonds is 5. The van der Waals surface area contributed by atoms with Crippen LogP contribution in [0.4, 0.5) is 13.2 Å². The smallest absolute Gasteiger partial charge is 0.475 e. The van der Waals surface area contributed by atoms with E-state index in [4.69, 9.17) is 14.6 Å². The molecule has 170 valence electrons. The van der Waals surface area contributed by atoms with Gasteiger partial charge in [0, 0.05) is 50.2 Å². The predicted octanol–water partition coefficient (Wildman–Crippen LogP) is 2.93. The Morgan fingerprint density at radius 3 is 2.65 bits per heavy atom. The average Bonchev–Trinajstić information content (AvgIpc) is 3.01. The molecule has 1 aliphatic carbocycles. The van der Waals surface area contributed by atoms with Crippen LogP contribution in [0.1, 0.15) is 30.7 Å². The minimum Gasteiger partial charge on any atom is -0.475 e. The number of aryl methyl sites for hydroxylation is 1. The number of carbonyl (C=O) groups is 1. The van der Waals surface area contributed by atoms with E-state index >= 15 is 0 Å². The van der Waals surface area contributed by atoms with E-state index in [9.17, 15) is 13.2 Å². The van der Waals surface area contributed by atoms with Gasteiger partial charge in [0.05, 0.1) is 18.6 Å². The maximum Gasteiger partial charge on any atom is 0.490 e. The van der Waals surface area contributed by atoms with Gasteiger partial charge in [-0.3, -0.25) is 4.90 Å². The molecule has 1 fully saturated rings. The van der Waals surface area contributed by atoms with Crippen LogP contribution in [0.2, 0.25) is 0 Å². The lowest BCUT2D eigenvalue weighted by molar-refractivity contribution is -0.192. The Morgan fingerprint density at radius 2 is 2.03 bits per heavy atom. The van der Waals surface area contributed by atoms with E-state index in [2.05, 4.69) is 24.4 Å². The van der Waals surface area contributed by atoms with Gasteiger partial charge in [0.1, 0.15) is 0 Å². The molecule has 2 aromatic rings. The fourth-order valence-electron chi connectivity index (χ4n) is 3.61. The van der Waals surface area contributed by atoms with Crippen LogP contribution >= 0.6 is 0 Å². The molecule has 1 unspecified atom stereocenters. The van der Waals surface area contributed by atoms with Gasteiger partial charge >= 0.3 is 18.2 Å². The molecule has 3 heterocycles. The second-order valence-electron chi connectivity index (χ2n) is 7.99. The van der Waals surface area contributed by atoms with Crippen molar-refractivity contribution >= 4 is 5.97 Å². The molecule has 0 spiro atoms. The minimum absolute atomic E-state index is 0.421. The van der Waals surface area contributed by atoms with Crippen LogP contribution in [0.3, 0.4) is 0 Å². The number of aromatic nitrogens is 4. The highest BCUT2D eigenvalue weighted by Gasteiger charge is 2.38. The SMILES string of the molecule is Cc1ccnc(OCC2CN(CC3CCC3)Cc3cncn3C2)n1.O=C(O)C(F)(F)F. The first kappa shape index (κ1) is 23.0. The molecular weight excluding hydrogens is 415 g/mol. The standard InChI is InChI=1S/C18H25N5O.C2HF3O2/c1-14-5-6-20-18(21-14)24-12-16-9-22(8-15-3-2-4-15)11-17-7-19-13-23(17)10-16;3-2(4,5)1(6)7/h5-7,13,15-16H,2-4,8-12H2,1H3;(H,6,7). The van der Waals surface area contributed by atoms with Crippen LogP contribution in [0.5, 0.6) is 6.01 Å². The van der Waals surface area contributed by atoms with Crippen molar-refractivity contribution in [1.82, 2.24) is 24.4 Å². The summed E-state index contributed by atoms with van der Waals surface area (Å²) < 4.78 is 39.9. The van der Waals surface area contributed by atoms with E-state index in [-0.39, 0.29) is 0 Å². The summed E-state index contributed by atoms with van der Waals surface area (Å²) in [6.45, 7) is 6.80. The number of aliphatic carboxylic acids is 1. The van der Waals surface area contributed by atoms with Gasteiger partial charge in [0.15, 0.2) is 0 Å². The second kappa shape index (κ2) is 10.1. The van der Waals surface area contributed by atoms with Crippen LogP contribution in [0, 0.1) is 18.8 Å². The quantitative estimate of drug-likeness (QED) is 0.763. The number of halogens is 3. The molecule has 31 heavy (non-hydrogen) atoms. The van der Waals surface area contributed by atoms with Gasteiger partial charge in [0.25, 0.3) is 0 Å². The number of hydrogen-bond acceptors (Lipinski definition) is 6. The molecule has 0 radical (unpaired) electrons. The number of nitrogens with zero attached hydrogens (tertiary/aromatic N) is 5. The molecule has 0 aromatic carbocycles. The molecule has 8 nitrogen and oxygen atoms in total. The lowest BCUT2D eigenvalue weighted by Gasteiger charge is -2.32. The van der Waals surface area contributed by atoms with Crippen molar-refractivity contribution in [1.29, 1.82) is 0 Å². The van der Waals surface area contributed by atoms with Crippen LogP contribution in [0.15, 0.2) is 24.8 Å². The third-order valence-electron chi connectivity index (χ3n) is 5.36. The van der Waals surface area contributed by atoms with Crippen molar-refractivity contribution in [2.45, 2.75) is 45.5 Å². The number of carboxylic acid groups (broad SMARTS) is 1. The summed E-state index contributed by atoms with van der Waals surface area (Å²) in [6.07, 6.45) is 4.77. The molecule has 0 bridgehead atoms. The van der Waals surface area contributed by atoms with Gasteiger partial charge in [-0.1, -0.05) is 6.42 Å². The van der Waals surface area contributed by atoms with E-state index in [1.807, 2.05) is 25.5 Å². The Bertz CT molecular complexity index is 870. The minimum atomic E-state index is -5.08. The first-order chi connectivity index (χ1) is 14.7. The van der Waals surface area contributed by atoms with Crippen molar-refractivity contribution in [3.05, 3.63) is 36.2 Å². The Balaban J connectivity index is 0.000000339. The number of fused-ring (bicyclic) bond motifs is 1. The summed E-state index contributed by atoms with van der Waals surface area (Å²) in [5.41, 5.74) is 2.24. The third-order valence-corrected chi connectivity index (χ3v) is 5.36. The summed E-state index contributed by atoms with van der Waals surface area (Å²) in [7, 11) is 0. The van der Waals surface area contributed by atoms with Gasteiger partial charge in [-0.25, -0.2) is 19.7 Å². The topological polar surface area (TPSA) is 93.4 Å². The molecule has 1 N–H and O–H groups in total. The number of carboxylic acids is 1. The third kappa shape index (κ3) is 6.91. The highest BCUT2D eigenvalue weighted by molar-refractivity contribution is 5.73. The summed E-state index contributed by atoms with van der Waals surface area (Å²) in [6, 6.07) is 2.37. The normalized spacial score (nSPS) is 19.4. The lowest BCUT2D eigenvalue weighted by Crippen LogP contribution is -2.36. The molecule has 11 heteroatoms. The van der Waals surface area contributed by atoms with Crippen LogP contribution in [-0.2, 0) is 17.9 Å². The molecule has 2 aliphatic rings. The summed E-state index contributed by atoms with van der Waals surface area (Å²) in [4.78, 5) is 24.3. The fourth-order valence-corrected chi connectivity index (χ4v) is 3.61. The molecule has 1 saturated carbocycles. The monoisotopic (exact) mass is 441 g/mol. The van der Waals surface area contributed by atoms with E-state index in [1.165, 1.54) is 31.5 Å². The Morgan fingerprint density at radius 1 is 1.29 bits per heavy atom. The van der Waals surface area contributed by atoms with Gasteiger partial charge in [0.2, 0.25) is 0 Å². The summed E-state index contributed by atoms with van der Waals surface area (Å²) in [5, 5.41) is 7.12. The van der Waals surface area contributed by atoms with E-state index in [0.29, 0.717) is 18.5 Å². The zero-order valence-corrected chi connectivity index (χ0v) is 17.3. The van der Waals surface area contributed by atoms with Gasteiger partial charge < -0.3 is 14.4 Å². The van der Waals surface area contributed by atoms with Crippen molar-refractivity contribution in [2.24, 2.45) is 11.8 Å². The van der Waals surface area contributed by atoms with Gasteiger partial charge in [-0.15, -0.1) is 0 Å². The highest BCUT2D eigenvalue weighted by atomic mass is 19.4. The Labute approximate surface area is 178 Å². The second-order valence-corrected chi connectivity index (χ2v) is 7.99. The average molecular weight is 441 g/mol. The summed E-state index contributed by atoms with van der Waals surface area (Å²) in [5.74, 6) is -1.46. The van der Waals surface area contributed by atoms with Gasteiger partial charge in [-0.2, -0.15) is 13.2 Å². The van der Waals surface area contributed by atoms with Crippen LogP contribution in [0.25, 0.3) is 0 Å². The number of hydrogen-bond donors (Lipinski definition) is 1. The largest absolute Gasteiger partial charge is 0.490 e. The van der Waals surface area contributed by atoms with Crippen molar-refractivity contribution in [3.8, 4) is 6.01 Å². The van der Waals surface area contributed by atoms with Crippen molar-refractivity contribution < 1.29 is 27.8 Å². The van der Waals surface area contributed by atoms with E-state index < -0.39 is 12.1 Å². The molecule has 0 saturated heterocycles. The molecular formula is C20H26F3N5O3. The van der Waals surface area contributed by atoms with Crippen molar-refractivity contribution in [2.75, 3.05) is 19.7 Å². The Hall–Kier alpha value is -2.69. The zero-order valence-electron chi connectivity index (χ0n) is 17.3. The number of imidazole rings is 1. The van der Waals surface area contributed by atoms with E-state index in [1.54, 1.807) is 6.20 Å². The maximum absolute atomic E-state index is 10.6. The maximum atomic E-state index is 10.6. The van der Waals surface area contributed by atoms with Crippen molar-refractivity contribution in [3.63, 3.8) is 0 Å². The predicted molar refractivity (Wildman–Crippen MR) is 104 cm³/mol. The molecule has 0 amide bonds. The first-order valence-electron chi connectivity index (χ1n) is 10.1. The lowest BCUT2D eigenvalue weighted by atomic mass is 9.85. The van der Waals surface area contributed by atoms with Gasteiger partial charge in [-0.05, 0) is 31.7 Å². The van der Waals surface area contributed by atoms with E-state index in [0.717, 1.165) is 31.2 Å². The molecule has 1 aliphatic heterocycles. The summed E-state index contributed by atoms with van der Waals surface area (Å²) >= 11 is 0. The number of alkyl halides is 3. The van der Waals surface area contributed by atoms with Crippen LogP contribution < -0.4 is 4.74 Å². The number of ether oxygens (including phenoxy) is 1. The highest BCUT2D eigenvalue weighted by Crippen LogP contribution is 2.28. The zero-order chi connectivity index (χ0) is 22.4. The molecule has 2 aromatic heterocycles. The molecule has 1 atom stereocenters. The first-order valence-corrected chi connectivity index (χ1v) is 10.1. The Kier molecular flexibility index (Phi) is 7.47.